The molecule has 0 saturated carbocycles. The topological polar surface area (TPSA) is 20.2 Å². The maximum atomic E-state index is 8.79. The first-order valence-corrected chi connectivity index (χ1v) is 4.50. The van der Waals surface area contributed by atoms with E-state index in [-0.39, 0.29) is 12.5 Å². The molecule has 0 aliphatic heterocycles. The van der Waals surface area contributed by atoms with E-state index in [9.17, 15) is 0 Å². The van der Waals surface area contributed by atoms with E-state index in [2.05, 4.69) is 0 Å². The quantitative estimate of drug-likeness (QED) is 0.716. The Kier molecular flexibility index (Phi) is 6.39. The Morgan fingerprint density at radius 3 is 2.08 bits per heavy atom. The van der Waals surface area contributed by atoms with Gasteiger partial charge in [0.1, 0.15) is 0 Å². The molecule has 1 aromatic carbocycles. The lowest BCUT2D eigenvalue weighted by Crippen LogP contribution is -1.97. The van der Waals surface area contributed by atoms with Gasteiger partial charge in [-0.1, -0.05) is 51.1 Å². The van der Waals surface area contributed by atoms with E-state index in [0.717, 1.165) is 0 Å². The summed E-state index contributed by atoms with van der Waals surface area (Å²) in [6, 6.07) is 10.0. The highest BCUT2D eigenvalue weighted by Gasteiger charge is 2.00. The largest absolute Gasteiger partial charge is 0.396 e. The van der Waals surface area contributed by atoms with E-state index in [1.165, 1.54) is 5.56 Å². The van der Waals surface area contributed by atoms with Crippen molar-refractivity contribution in [2.45, 2.75) is 26.7 Å². The van der Waals surface area contributed by atoms with Gasteiger partial charge in [-0.25, -0.2) is 0 Å². The van der Waals surface area contributed by atoms with E-state index in [0.29, 0.717) is 0 Å². The highest BCUT2D eigenvalue weighted by Crippen LogP contribution is 2.12. The van der Waals surface area contributed by atoms with Crippen LogP contribution in [0.2, 0.25) is 0 Å². The molecule has 0 saturated heterocycles. The molecule has 0 radical (unpaired) electrons. The number of hydrogen-bond donors (Lipinski definition) is 1. The van der Waals surface area contributed by atoms with Crippen LogP contribution in [0.5, 0.6) is 0 Å². The third kappa shape index (κ3) is 3.54. The fraction of sp³-hybridized carbons (Fsp3) is 0.455. The molecule has 1 nitrogen and oxygen atoms in total. The van der Waals surface area contributed by atoms with Crippen LogP contribution in [0, 0.1) is 0 Å². The minimum absolute atomic E-state index is 0.226. The highest BCUT2D eigenvalue weighted by atomic mass is 16.3. The van der Waals surface area contributed by atoms with Crippen molar-refractivity contribution < 1.29 is 5.11 Å². The molecule has 0 bridgehead atoms. The van der Waals surface area contributed by atoms with Gasteiger partial charge in [-0.2, -0.15) is 0 Å². The van der Waals surface area contributed by atoms with Crippen LogP contribution >= 0.6 is 0 Å². The number of aliphatic hydroxyl groups is 1. The van der Waals surface area contributed by atoms with Crippen molar-refractivity contribution in [2.75, 3.05) is 6.61 Å². The molecule has 1 heteroatoms. The van der Waals surface area contributed by atoms with Gasteiger partial charge in [-0.15, -0.1) is 0 Å². The number of benzene rings is 1. The summed E-state index contributed by atoms with van der Waals surface area (Å²) in [5, 5.41) is 8.79. The molecule has 12 heavy (non-hydrogen) atoms. The Bertz CT molecular complexity index is 181. The molecule has 1 aromatic rings. The summed E-state index contributed by atoms with van der Waals surface area (Å²) in [7, 11) is 0. The molecule has 0 amide bonds. The van der Waals surface area contributed by atoms with Crippen molar-refractivity contribution in [3.8, 4) is 0 Å². The number of rotatable bonds is 2. The normalized spacial score (nSPS) is 11.3. The van der Waals surface area contributed by atoms with Gasteiger partial charge < -0.3 is 5.11 Å². The molecular formula is C11H18O. The molecule has 68 valence electrons. The van der Waals surface area contributed by atoms with E-state index in [4.69, 9.17) is 5.11 Å². The van der Waals surface area contributed by atoms with Crippen LogP contribution < -0.4 is 0 Å². The second-order valence-corrected chi connectivity index (χ2v) is 2.49. The van der Waals surface area contributed by atoms with Crippen molar-refractivity contribution in [2.24, 2.45) is 0 Å². The Balaban J connectivity index is 0.000000561. The zero-order chi connectivity index (χ0) is 9.40. The first kappa shape index (κ1) is 11.2. The van der Waals surface area contributed by atoms with Gasteiger partial charge in [0.05, 0.1) is 0 Å². The van der Waals surface area contributed by atoms with Crippen LogP contribution in [0.3, 0.4) is 0 Å². The van der Waals surface area contributed by atoms with Crippen molar-refractivity contribution in [3.05, 3.63) is 35.9 Å². The molecule has 0 aromatic heterocycles. The molecule has 0 unspecified atom stereocenters. The highest BCUT2D eigenvalue weighted by molar-refractivity contribution is 5.18. The minimum atomic E-state index is 0.226. The molecule has 0 spiro atoms. The maximum absolute atomic E-state index is 8.79. The van der Waals surface area contributed by atoms with Crippen LogP contribution in [0.4, 0.5) is 0 Å². The summed E-state index contributed by atoms with van der Waals surface area (Å²) in [4.78, 5) is 0. The Morgan fingerprint density at radius 1 is 1.17 bits per heavy atom. The van der Waals surface area contributed by atoms with E-state index in [1.54, 1.807) is 0 Å². The molecule has 1 rings (SSSR count). The van der Waals surface area contributed by atoms with Crippen LogP contribution in [-0.2, 0) is 0 Å². The zero-order valence-corrected chi connectivity index (χ0v) is 8.12. The summed E-state index contributed by atoms with van der Waals surface area (Å²) in [6.45, 7) is 6.24. The first-order chi connectivity index (χ1) is 5.84. The van der Waals surface area contributed by atoms with Gasteiger partial charge >= 0.3 is 0 Å². The Labute approximate surface area is 75.1 Å². The molecule has 0 fully saturated rings. The monoisotopic (exact) mass is 166 g/mol. The third-order valence-corrected chi connectivity index (χ3v) is 1.64. The molecule has 0 aliphatic rings. The molecule has 1 atom stereocenters. The standard InChI is InChI=1S/C9H12O.C2H6/c1-8(7-10)9-5-3-2-4-6-9;1-2/h2-6,8,10H,7H2,1H3;1-2H3/t8-;/m1./s1. The Morgan fingerprint density at radius 2 is 1.67 bits per heavy atom. The summed E-state index contributed by atoms with van der Waals surface area (Å²) in [5.41, 5.74) is 1.20. The number of aliphatic hydroxyl groups excluding tert-OH is 1. The second-order valence-electron chi connectivity index (χ2n) is 2.49. The van der Waals surface area contributed by atoms with Gasteiger partial charge in [0, 0.05) is 12.5 Å². The summed E-state index contributed by atoms with van der Waals surface area (Å²) in [6.07, 6.45) is 0. The summed E-state index contributed by atoms with van der Waals surface area (Å²) in [5.74, 6) is 0.265. The van der Waals surface area contributed by atoms with E-state index < -0.39 is 0 Å². The lowest BCUT2D eigenvalue weighted by molar-refractivity contribution is 0.273. The van der Waals surface area contributed by atoms with Crippen molar-refractivity contribution in [1.82, 2.24) is 0 Å². The van der Waals surface area contributed by atoms with E-state index in [1.807, 2.05) is 51.1 Å². The van der Waals surface area contributed by atoms with Crippen LogP contribution in [0.15, 0.2) is 30.3 Å². The van der Waals surface area contributed by atoms with Gasteiger partial charge in [0.25, 0.3) is 0 Å². The van der Waals surface area contributed by atoms with Gasteiger partial charge in [0.15, 0.2) is 0 Å². The average molecular weight is 166 g/mol. The fourth-order valence-corrected chi connectivity index (χ4v) is 0.887. The van der Waals surface area contributed by atoms with Crippen molar-refractivity contribution >= 4 is 0 Å². The lowest BCUT2D eigenvalue weighted by atomic mass is 10.0. The van der Waals surface area contributed by atoms with Gasteiger partial charge in [0.2, 0.25) is 0 Å². The predicted molar refractivity (Wildman–Crippen MR) is 53.3 cm³/mol. The molecular weight excluding hydrogens is 148 g/mol. The van der Waals surface area contributed by atoms with Crippen LogP contribution in [0.1, 0.15) is 32.3 Å². The van der Waals surface area contributed by atoms with Gasteiger partial charge in [-0.05, 0) is 5.56 Å². The van der Waals surface area contributed by atoms with Crippen LogP contribution in [-0.4, -0.2) is 11.7 Å². The average Bonchev–Trinajstić information content (AvgIpc) is 2.21. The second kappa shape index (κ2) is 6.86. The van der Waals surface area contributed by atoms with Crippen molar-refractivity contribution in [1.29, 1.82) is 0 Å². The number of hydrogen-bond acceptors (Lipinski definition) is 1. The lowest BCUT2D eigenvalue weighted by Gasteiger charge is -2.05. The predicted octanol–water partition coefficient (Wildman–Crippen LogP) is 2.81. The molecule has 1 N–H and O–H groups in total. The van der Waals surface area contributed by atoms with Crippen molar-refractivity contribution in [3.63, 3.8) is 0 Å². The third-order valence-electron chi connectivity index (χ3n) is 1.64. The maximum Gasteiger partial charge on any atom is 0.0497 e. The SMILES string of the molecule is CC.C[C@H](CO)c1ccccc1. The summed E-state index contributed by atoms with van der Waals surface area (Å²) >= 11 is 0. The summed E-state index contributed by atoms with van der Waals surface area (Å²) < 4.78 is 0. The first-order valence-electron chi connectivity index (χ1n) is 4.50. The molecule has 0 heterocycles. The zero-order valence-electron chi connectivity index (χ0n) is 8.12. The van der Waals surface area contributed by atoms with Crippen LogP contribution in [0.25, 0.3) is 0 Å². The Hall–Kier alpha value is -0.820. The van der Waals surface area contributed by atoms with Gasteiger partial charge in [-0.3, -0.25) is 0 Å². The smallest absolute Gasteiger partial charge is 0.0497 e. The minimum Gasteiger partial charge on any atom is -0.396 e. The fourth-order valence-electron chi connectivity index (χ4n) is 0.887. The molecule has 0 aliphatic carbocycles. The van der Waals surface area contributed by atoms with E-state index >= 15 is 0 Å².